The van der Waals surface area contributed by atoms with Gasteiger partial charge in [-0.3, -0.25) is 4.79 Å². The van der Waals surface area contributed by atoms with E-state index < -0.39 is 12.0 Å². The summed E-state index contributed by atoms with van der Waals surface area (Å²) in [6.07, 6.45) is 0. The first-order chi connectivity index (χ1) is 9.43. The summed E-state index contributed by atoms with van der Waals surface area (Å²) in [5.74, 6) is -0.747. The molecule has 0 fully saturated rings. The van der Waals surface area contributed by atoms with Gasteiger partial charge in [-0.1, -0.05) is 0 Å². The molecule has 0 aliphatic carbocycles. The van der Waals surface area contributed by atoms with E-state index in [1.807, 2.05) is 43.3 Å². The van der Waals surface area contributed by atoms with Gasteiger partial charge in [0, 0.05) is 38.9 Å². The normalized spacial score (nSPS) is 11.4. The molecule has 0 spiro atoms. The number of nitrogens with one attached hydrogen (secondary N) is 2. The lowest BCUT2D eigenvalue weighted by Crippen LogP contribution is -2.45. The first-order valence-electron chi connectivity index (χ1n) is 6.30. The number of rotatable bonds is 6. The molecule has 6 heteroatoms. The molecule has 1 rings (SSSR count). The second kappa shape index (κ2) is 7.37. The van der Waals surface area contributed by atoms with Gasteiger partial charge in [-0.15, -0.1) is 0 Å². The number of hydrogen-bond acceptors (Lipinski definition) is 5. The van der Waals surface area contributed by atoms with Crippen molar-refractivity contribution in [2.45, 2.75) is 13.0 Å². The van der Waals surface area contributed by atoms with Crippen molar-refractivity contribution in [3.63, 3.8) is 0 Å². The van der Waals surface area contributed by atoms with Gasteiger partial charge in [0.15, 0.2) is 0 Å². The second-order valence-electron chi connectivity index (χ2n) is 4.60. The SMILES string of the molecule is COC(=O)C(CNc1ccc(N(C)C)cc1)NC(C)=O. The lowest BCUT2D eigenvalue weighted by atomic mass is 10.2. The fraction of sp³-hybridized carbons (Fsp3) is 0.429. The van der Waals surface area contributed by atoms with Crippen LogP contribution in [0.1, 0.15) is 6.92 Å². The molecule has 1 amide bonds. The zero-order chi connectivity index (χ0) is 15.1. The number of esters is 1. The molecule has 0 radical (unpaired) electrons. The van der Waals surface area contributed by atoms with Crippen LogP contribution < -0.4 is 15.5 Å². The van der Waals surface area contributed by atoms with Crippen molar-refractivity contribution in [3.8, 4) is 0 Å². The monoisotopic (exact) mass is 279 g/mol. The van der Waals surface area contributed by atoms with E-state index in [9.17, 15) is 9.59 Å². The molecule has 0 saturated carbocycles. The minimum Gasteiger partial charge on any atom is -0.467 e. The van der Waals surface area contributed by atoms with Gasteiger partial charge in [-0.25, -0.2) is 4.79 Å². The minimum absolute atomic E-state index is 0.271. The summed E-state index contributed by atoms with van der Waals surface area (Å²) in [5, 5.41) is 5.64. The van der Waals surface area contributed by atoms with Crippen LogP contribution in [0, 0.1) is 0 Å². The number of carbonyl (C=O) groups is 2. The largest absolute Gasteiger partial charge is 0.467 e. The molecule has 0 heterocycles. The highest BCUT2D eigenvalue weighted by atomic mass is 16.5. The van der Waals surface area contributed by atoms with Gasteiger partial charge in [-0.2, -0.15) is 0 Å². The van der Waals surface area contributed by atoms with Crippen molar-refractivity contribution in [2.75, 3.05) is 38.0 Å². The van der Waals surface area contributed by atoms with Crippen LogP contribution in [0.2, 0.25) is 0 Å². The van der Waals surface area contributed by atoms with Crippen LogP contribution in [0.3, 0.4) is 0 Å². The summed E-state index contributed by atoms with van der Waals surface area (Å²) in [5.41, 5.74) is 1.96. The number of anilines is 2. The van der Waals surface area contributed by atoms with E-state index >= 15 is 0 Å². The molecule has 20 heavy (non-hydrogen) atoms. The molecular weight excluding hydrogens is 258 g/mol. The van der Waals surface area contributed by atoms with E-state index in [1.54, 1.807) is 0 Å². The van der Waals surface area contributed by atoms with E-state index in [2.05, 4.69) is 15.4 Å². The lowest BCUT2D eigenvalue weighted by molar-refractivity contribution is -0.144. The third-order valence-corrected chi connectivity index (χ3v) is 2.76. The van der Waals surface area contributed by atoms with Gasteiger partial charge in [-0.05, 0) is 24.3 Å². The van der Waals surface area contributed by atoms with Crippen LogP contribution in [-0.2, 0) is 14.3 Å². The number of amides is 1. The molecule has 0 aliphatic heterocycles. The Morgan fingerprint density at radius 3 is 2.30 bits per heavy atom. The van der Waals surface area contributed by atoms with Crippen molar-refractivity contribution in [3.05, 3.63) is 24.3 Å². The fourth-order valence-corrected chi connectivity index (χ4v) is 1.68. The van der Waals surface area contributed by atoms with Gasteiger partial charge in [0.25, 0.3) is 0 Å². The summed E-state index contributed by atoms with van der Waals surface area (Å²) in [7, 11) is 5.22. The van der Waals surface area contributed by atoms with Gasteiger partial charge >= 0.3 is 5.97 Å². The zero-order valence-electron chi connectivity index (χ0n) is 12.3. The van der Waals surface area contributed by atoms with Gasteiger partial charge < -0.3 is 20.3 Å². The number of nitrogens with zero attached hydrogens (tertiary/aromatic N) is 1. The third-order valence-electron chi connectivity index (χ3n) is 2.76. The van der Waals surface area contributed by atoms with Gasteiger partial charge in [0.1, 0.15) is 6.04 Å². The molecule has 0 aliphatic rings. The highest BCUT2D eigenvalue weighted by molar-refractivity contribution is 5.83. The lowest BCUT2D eigenvalue weighted by Gasteiger charge is -2.17. The smallest absolute Gasteiger partial charge is 0.330 e. The summed E-state index contributed by atoms with van der Waals surface area (Å²) in [6, 6.07) is 7.06. The number of ether oxygens (including phenoxy) is 1. The standard InChI is InChI=1S/C14H21N3O3/c1-10(18)16-13(14(19)20-4)9-15-11-5-7-12(8-6-11)17(2)3/h5-8,13,15H,9H2,1-4H3,(H,16,18). The number of carbonyl (C=O) groups excluding carboxylic acids is 2. The zero-order valence-corrected chi connectivity index (χ0v) is 12.3. The molecule has 1 aromatic carbocycles. The predicted octanol–water partition coefficient (Wildman–Crippen LogP) is 0.842. The van der Waals surface area contributed by atoms with Crippen LogP contribution in [0.4, 0.5) is 11.4 Å². The van der Waals surface area contributed by atoms with Crippen LogP contribution in [0.5, 0.6) is 0 Å². The van der Waals surface area contributed by atoms with E-state index in [0.29, 0.717) is 0 Å². The minimum atomic E-state index is -0.703. The average Bonchev–Trinajstić information content (AvgIpc) is 2.42. The van der Waals surface area contributed by atoms with Crippen LogP contribution >= 0.6 is 0 Å². The molecular formula is C14H21N3O3. The third kappa shape index (κ3) is 4.79. The fourth-order valence-electron chi connectivity index (χ4n) is 1.68. The molecule has 0 bridgehead atoms. The number of hydrogen-bond donors (Lipinski definition) is 2. The van der Waals surface area contributed by atoms with Gasteiger partial charge in [0.2, 0.25) is 5.91 Å². The van der Waals surface area contributed by atoms with Crippen LogP contribution in [0.25, 0.3) is 0 Å². The van der Waals surface area contributed by atoms with Gasteiger partial charge in [0.05, 0.1) is 7.11 Å². The molecule has 0 saturated heterocycles. The van der Waals surface area contributed by atoms with Crippen molar-refractivity contribution < 1.29 is 14.3 Å². The maximum atomic E-state index is 11.5. The second-order valence-corrected chi connectivity index (χ2v) is 4.60. The summed E-state index contributed by atoms with van der Waals surface area (Å²) < 4.78 is 4.65. The Labute approximate surface area is 119 Å². The van der Waals surface area contributed by atoms with E-state index in [1.165, 1.54) is 14.0 Å². The first-order valence-corrected chi connectivity index (χ1v) is 6.30. The Bertz CT molecular complexity index is 457. The maximum absolute atomic E-state index is 11.5. The highest BCUT2D eigenvalue weighted by Gasteiger charge is 2.19. The quantitative estimate of drug-likeness (QED) is 0.755. The Kier molecular flexibility index (Phi) is 5.83. The first kappa shape index (κ1) is 15.8. The molecule has 1 atom stereocenters. The summed E-state index contributed by atoms with van der Waals surface area (Å²) >= 11 is 0. The summed E-state index contributed by atoms with van der Waals surface area (Å²) in [4.78, 5) is 24.6. The van der Waals surface area contributed by atoms with Crippen molar-refractivity contribution in [1.82, 2.24) is 5.32 Å². The number of benzene rings is 1. The molecule has 1 aromatic rings. The van der Waals surface area contributed by atoms with Crippen molar-refractivity contribution in [1.29, 1.82) is 0 Å². The maximum Gasteiger partial charge on any atom is 0.330 e. The van der Waals surface area contributed by atoms with E-state index in [-0.39, 0.29) is 12.5 Å². The number of methoxy groups -OCH3 is 1. The molecule has 2 N–H and O–H groups in total. The van der Waals surface area contributed by atoms with Crippen LogP contribution in [-0.4, -0.2) is 45.7 Å². The Balaban J connectivity index is 2.62. The predicted molar refractivity (Wildman–Crippen MR) is 78.9 cm³/mol. The van der Waals surface area contributed by atoms with E-state index in [0.717, 1.165) is 11.4 Å². The topological polar surface area (TPSA) is 70.7 Å². The molecule has 110 valence electrons. The van der Waals surface area contributed by atoms with Crippen LogP contribution in [0.15, 0.2) is 24.3 Å². The molecule has 1 unspecified atom stereocenters. The molecule has 6 nitrogen and oxygen atoms in total. The highest BCUT2D eigenvalue weighted by Crippen LogP contribution is 2.15. The molecule has 0 aromatic heterocycles. The Morgan fingerprint density at radius 1 is 1.25 bits per heavy atom. The average molecular weight is 279 g/mol. The summed E-state index contributed by atoms with van der Waals surface area (Å²) in [6.45, 7) is 1.63. The Morgan fingerprint density at radius 2 is 1.85 bits per heavy atom. The Hall–Kier alpha value is -2.24. The van der Waals surface area contributed by atoms with Crippen molar-refractivity contribution >= 4 is 23.3 Å². The van der Waals surface area contributed by atoms with E-state index in [4.69, 9.17) is 0 Å². The van der Waals surface area contributed by atoms with Crippen molar-refractivity contribution in [2.24, 2.45) is 0 Å².